The summed E-state index contributed by atoms with van der Waals surface area (Å²) in [7, 11) is 0. The van der Waals surface area contributed by atoms with Crippen LogP contribution in [0.4, 0.5) is 5.69 Å². The molecule has 1 amide bonds. The maximum Gasteiger partial charge on any atom is 0.224 e. The molecular formula is C13H20N2O3. The lowest BCUT2D eigenvalue weighted by Crippen LogP contribution is -2.13. The Balaban J connectivity index is 2.26. The van der Waals surface area contributed by atoms with Crippen molar-refractivity contribution in [3.05, 3.63) is 29.8 Å². The van der Waals surface area contributed by atoms with E-state index in [-0.39, 0.29) is 12.5 Å². The molecule has 0 aliphatic heterocycles. The lowest BCUT2D eigenvalue weighted by molar-refractivity contribution is -0.116. The SMILES string of the molecule is NCc1cccc(NC(=O)CCCOCCO)c1. The molecule has 0 fully saturated rings. The standard InChI is InChI=1S/C13H20N2O3/c14-10-11-3-1-4-12(9-11)15-13(17)5-2-7-18-8-6-16/h1,3-4,9,16H,2,5-8,10,14H2,(H,15,17). The number of anilines is 1. The summed E-state index contributed by atoms with van der Waals surface area (Å²) in [5, 5.41) is 11.3. The van der Waals surface area contributed by atoms with Gasteiger partial charge in [-0.1, -0.05) is 12.1 Å². The first-order chi connectivity index (χ1) is 8.76. The second-order valence-corrected chi connectivity index (χ2v) is 3.89. The van der Waals surface area contributed by atoms with Crippen molar-refractivity contribution >= 4 is 11.6 Å². The molecule has 0 unspecified atom stereocenters. The predicted molar refractivity (Wildman–Crippen MR) is 70.1 cm³/mol. The Kier molecular flexibility index (Phi) is 7.01. The maximum atomic E-state index is 11.6. The summed E-state index contributed by atoms with van der Waals surface area (Å²) in [5.74, 6) is -0.0447. The minimum atomic E-state index is -0.0447. The molecule has 1 rings (SSSR count). The second kappa shape index (κ2) is 8.63. The number of aliphatic hydroxyl groups excluding tert-OH is 1. The molecule has 18 heavy (non-hydrogen) atoms. The maximum absolute atomic E-state index is 11.6. The van der Waals surface area contributed by atoms with Gasteiger partial charge in [-0.05, 0) is 24.1 Å². The summed E-state index contributed by atoms with van der Waals surface area (Å²) >= 11 is 0. The van der Waals surface area contributed by atoms with Gasteiger partial charge in [0.15, 0.2) is 0 Å². The Morgan fingerprint density at radius 2 is 2.22 bits per heavy atom. The third-order valence-corrected chi connectivity index (χ3v) is 2.37. The highest BCUT2D eigenvalue weighted by Gasteiger charge is 2.02. The molecule has 100 valence electrons. The van der Waals surface area contributed by atoms with Crippen LogP contribution in [0, 0.1) is 0 Å². The van der Waals surface area contributed by atoms with Crippen LogP contribution in [-0.4, -0.2) is 30.8 Å². The van der Waals surface area contributed by atoms with Gasteiger partial charge in [-0.25, -0.2) is 0 Å². The van der Waals surface area contributed by atoms with Gasteiger partial charge in [-0.2, -0.15) is 0 Å². The molecule has 0 radical (unpaired) electrons. The van der Waals surface area contributed by atoms with E-state index in [0.29, 0.717) is 32.6 Å². The number of carbonyl (C=O) groups is 1. The highest BCUT2D eigenvalue weighted by molar-refractivity contribution is 5.90. The summed E-state index contributed by atoms with van der Waals surface area (Å²) in [5.41, 5.74) is 7.27. The summed E-state index contributed by atoms with van der Waals surface area (Å²) in [6, 6.07) is 7.47. The van der Waals surface area contributed by atoms with Gasteiger partial charge in [0, 0.05) is 25.3 Å². The van der Waals surface area contributed by atoms with Crippen LogP contribution in [0.5, 0.6) is 0 Å². The first kappa shape index (κ1) is 14.6. The zero-order chi connectivity index (χ0) is 13.2. The fourth-order valence-electron chi connectivity index (χ4n) is 1.50. The van der Waals surface area contributed by atoms with Crippen molar-refractivity contribution in [2.24, 2.45) is 5.73 Å². The molecule has 0 heterocycles. The van der Waals surface area contributed by atoms with Gasteiger partial charge in [0.1, 0.15) is 0 Å². The first-order valence-corrected chi connectivity index (χ1v) is 6.03. The topological polar surface area (TPSA) is 84.6 Å². The largest absolute Gasteiger partial charge is 0.394 e. The van der Waals surface area contributed by atoms with Crippen molar-refractivity contribution < 1.29 is 14.6 Å². The second-order valence-electron chi connectivity index (χ2n) is 3.89. The van der Waals surface area contributed by atoms with Crippen LogP contribution in [0.2, 0.25) is 0 Å². The first-order valence-electron chi connectivity index (χ1n) is 6.03. The molecule has 0 aromatic heterocycles. The molecule has 5 heteroatoms. The molecule has 0 spiro atoms. The van der Waals surface area contributed by atoms with Crippen LogP contribution in [0.3, 0.4) is 0 Å². The highest BCUT2D eigenvalue weighted by Crippen LogP contribution is 2.10. The molecule has 0 saturated heterocycles. The van der Waals surface area contributed by atoms with E-state index >= 15 is 0 Å². The number of benzene rings is 1. The molecule has 0 atom stereocenters. The van der Waals surface area contributed by atoms with E-state index in [1.165, 1.54) is 0 Å². The highest BCUT2D eigenvalue weighted by atomic mass is 16.5. The van der Waals surface area contributed by atoms with Gasteiger partial charge in [0.2, 0.25) is 5.91 Å². The number of hydrogen-bond donors (Lipinski definition) is 3. The molecule has 5 nitrogen and oxygen atoms in total. The molecule has 4 N–H and O–H groups in total. The number of ether oxygens (including phenoxy) is 1. The molecule has 1 aromatic rings. The van der Waals surface area contributed by atoms with Gasteiger partial charge in [-0.15, -0.1) is 0 Å². The number of hydrogen-bond acceptors (Lipinski definition) is 4. The van der Waals surface area contributed by atoms with Crippen LogP contribution in [-0.2, 0) is 16.1 Å². The summed E-state index contributed by atoms with van der Waals surface area (Å²) in [4.78, 5) is 11.6. The Morgan fingerprint density at radius 3 is 2.94 bits per heavy atom. The van der Waals surface area contributed by atoms with Crippen LogP contribution in [0.25, 0.3) is 0 Å². The number of nitrogens with two attached hydrogens (primary N) is 1. The van der Waals surface area contributed by atoms with Crippen LogP contribution < -0.4 is 11.1 Å². The minimum absolute atomic E-state index is 0.0120. The van der Waals surface area contributed by atoms with Crippen LogP contribution in [0.15, 0.2) is 24.3 Å². The van der Waals surface area contributed by atoms with Gasteiger partial charge in [0.05, 0.1) is 13.2 Å². The number of nitrogens with one attached hydrogen (secondary N) is 1. The van der Waals surface area contributed by atoms with Gasteiger partial charge < -0.3 is 20.9 Å². The smallest absolute Gasteiger partial charge is 0.224 e. The molecule has 1 aromatic carbocycles. The van der Waals surface area contributed by atoms with E-state index in [4.69, 9.17) is 15.6 Å². The van der Waals surface area contributed by atoms with Crippen molar-refractivity contribution in [1.29, 1.82) is 0 Å². The average Bonchev–Trinajstić information content (AvgIpc) is 2.38. The zero-order valence-corrected chi connectivity index (χ0v) is 10.4. The summed E-state index contributed by atoms with van der Waals surface area (Å²) in [6.07, 6.45) is 1.04. The average molecular weight is 252 g/mol. The van der Waals surface area contributed by atoms with E-state index in [1.54, 1.807) is 0 Å². The van der Waals surface area contributed by atoms with E-state index < -0.39 is 0 Å². The Bertz CT molecular complexity index is 369. The lowest BCUT2D eigenvalue weighted by atomic mass is 10.2. The van der Waals surface area contributed by atoms with Crippen molar-refractivity contribution in [2.45, 2.75) is 19.4 Å². The summed E-state index contributed by atoms with van der Waals surface area (Å²) < 4.78 is 5.07. The Hall–Kier alpha value is -1.43. The van der Waals surface area contributed by atoms with Crippen molar-refractivity contribution in [3.8, 4) is 0 Å². The summed E-state index contributed by atoms with van der Waals surface area (Å²) in [6.45, 7) is 1.27. The fourth-order valence-corrected chi connectivity index (χ4v) is 1.50. The third kappa shape index (κ3) is 5.77. The van der Waals surface area contributed by atoms with E-state index in [9.17, 15) is 4.79 Å². The van der Waals surface area contributed by atoms with Crippen LogP contribution in [0.1, 0.15) is 18.4 Å². The quantitative estimate of drug-likeness (QED) is 0.599. The molecule has 0 bridgehead atoms. The minimum Gasteiger partial charge on any atom is -0.394 e. The number of amides is 1. The van der Waals surface area contributed by atoms with Gasteiger partial charge in [0.25, 0.3) is 0 Å². The number of rotatable bonds is 8. The van der Waals surface area contributed by atoms with Crippen molar-refractivity contribution in [1.82, 2.24) is 0 Å². The van der Waals surface area contributed by atoms with Gasteiger partial charge in [-0.3, -0.25) is 4.79 Å². The predicted octanol–water partition coefficient (Wildman–Crippen LogP) is 0.873. The normalized spacial score (nSPS) is 10.3. The third-order valence-electron chi connectivity index (χ3n) is 2.37. The monoisotopic (exact) mass is 252 g/mol. The number of aliphatic hydroxyl groups is 1. The van der Waals surface area contributed by atoms with E-state index in [2.05, 4.69) is 5.32 Å². The zero-order valence-electron chi connectivity index (χ0n) is 10.4. The number of carbonyl (C=O) groups excluding carboxylic acids is 1. The van der Waals surface area contributed by atoms with Crippen molar-refractivity contribution in [3.63, 3.8) is 0 Å². The Labute approximate surface area is 107 Å². The van der Waals surface area contributed by atoms with Gasteiger partial charge >= 0.3 is 0 Å². The Morgan fingerprint density at radius 1 is 1.39 bits per heavy atom. The van der Waals surface area contributed by atoms with E-state index in [1.807, 2.05) is 24.3 Å². The molecular weight excluding hydrogens is 232 g/mol. The lowest BCUT2D eigenvalue weighted by Gasteiger charge is -2.06. The molecule has 0 aliphatic rings. The molecule has 0 saturated carbocycles. The van der Waals surface area contributed by atoms with Crippen molar-refractivity contribution in [2.75, 3.05) is 25.1 Å². The van der Waals surface area contributed by atoms with E-state index in [0.717, 1.165) is 11.3 Å². The molecule has 0 aliphatic carbocycles. The fraction of sp³-hybridized carbons (Fsp3) is 0.462. The van der Waals surface area contributed by atoms with Crippen LogP contribution >= 0.6 is 0 Å².